The van der Waals surface area contributed by atoms with E-state index < -0.39 is 16.9 Å². The molecule has 0 saturated heterocycles. The van der Waals surface area contributed by atoms with Crippen molar-refractivity contribution in [2.75, 3.05) is 11.5 Å². The Hall–Kier alpha value is -1.60. The normalized spacial score (nSPS) is 12.1. The Bertz CT molecular complexity index is 422. The van der Waals surface area contributed by atoms with E-state index in [0.29, 0.717) is 5.75 Å². The van der Waals surface area contributed by atoms with Crippen LogP contribution in [0.15, 0.2) is 24.3 Å². The minimum Gasteiger partial charge on any atom is -0.480 e. The van der Waals surface area contributed by atoms with Gasteiger partial charge < -0.3 is 10.8 Å². The zero-order chi connectivity index (χ0) is 13.5. The van der Waals surface area contributed by atoms with Crippen LogP contribution in [0.3, 0.4) is 0 Å². The van der Waals surface area contributed by atoms with Gasteiger partial charge in [-0.3, -0.25) is 14.9 Å². The van der Waals surface area contributed by atoms with Crippen LogP contribution in [0.1, 0.15) is 5.56 Å². The molecule has 0 radical (unpaired) electrons. The summed E-state index contributed by atoms with van der Waals surface area (Å²) in [7, 11) is 0. The molecular formula is C11H14N2O4S. The number of aryl methyl sites for hydroxylation is 1. The Labute approximate surface area is 108 Å². The lowest BCUT2D eigenvalue weighted by atomic mass is 10.1. The van der Waals surface area contributed by atoms with Gasteiger partial charge in [0.1, 0.15) is 6.04 Å². The van der Waals surface area contributed by atoms with Gasteiger partial charge in [0.25, 0.3) is 5.69 Å². The number of nitro benzene ring substituents is 1. The number of carbonyl (C=O) groups is 1. The first-order valence-corrected chi connectivity index (χ1v) is 6.45. The fourth-order valence-corrected chi connectivity index (χ4v) is 2.20. The molecule has 0 saturated carbocycles. The van der Waals surface area contributed by atoms with Gasteiger partial charge in [0.15, 0.2) is 0 Å². The molecule has 98 valence electrons. The van der Waals surface area contributed by atoms with Crippen molar-refractivity contribution in [3.8, 4) is 0 Å². The standard InChI is InChI=1S/C11H14N2O4S/c12-10(11(14)15)7-18-6-5-8-1-3-9(4-2-8)13(16)17/h1-4,10H,5-7,12H2,(H,14,15)/t10-/m1/s1. The molecule has 0 spiro atoms. The van der Waals surface area contributed by atoms with E-state index in [0.717, 1.165) is 17.7 Å². The van der Waals surface area contributed by atoms with Crippen LogP contribution in [0, 0.1) is 10.1 Å². The molecule has 0 heterocycles. The zero-order valence-electron chi connectivity index (χ0n) is 9.61. The summed E-state index contributed by atoms with van der Waals surface area (Å²) in [5, 5.41) is 19.0. The number of hydrogen-bond acceptors (Lipinski definition) is 5. The number of benzene rings is 1. The van der Waals surface area contributed by atoms with Crippen LogP contribution >= 0.6 is 11.8 Å². The van der Waals surface area contributed by atoms with Gasteiger partial charge in [0, 0.05) is 17.9 Å². The molecule has 0 amide bonds. The summed E-state index contributed by atoms with van der Waals surface area (Å²) in [6.07, 6.45) is 0.731. The highest BCUT2D eigenvalue weighted by Crippen LogP contribution is 2.14. The second kappa shape index (κ2) is 6.97. The highest BCUT2D eigenvalue weighted by molar-refractivity contribution is 7.99. The predicted octanol–water partition coefficient (Wildman–Crippen LogP) is 1.28. The molecule has 0 unspecified atom stereocenters. The summed E-state index contributed by atoms with van der Waals surface area (Å²) in [4.78, 5) is 20.5. The number of nitrogens with zero attached hydrogens (tertiary/aromatic N) is 1. The van der Waals surface area contributed by atoms with E-state index in [4.69, 9.17) is 10.8 Å². The van der Waals surface area contributed by atoms with Crippen molar-refractivity contribution in [1.29, 1.82) is 0 Å². The van der Waals surface area contributed by atoms with E-state index >= 15 is 0 Å². The maximum atomic E-state index is 10.5. The summed E-state index contributed by atoms with van der Waals surface area (Å²) in [5.74, 6) is 0.0963. The SMILES string of the molecule is N[C@H](CSCCc1ccc([N+](=O)[O-])cc1)C(=O)O. The minimum absolute atomic E-state index is 0.0688. The van der Waals surface area contributed by atoms with Crippen LogP contribution in [0.5, 0.6) is 0 Å². The van der Waals surface area contributed by atoms with Crippen molar-refractivity contribution in [2.45, 2.75) is 12.5 Å². The number of aliphatic carboxylic acids is 1. The first-order chi connectivity index (χ1) is 8.50. The topological polar surface area (TPSA) is 106 Å². The summed E-state index contributed by atoms with van der Waals surface area (Å²) in [6.45, 7) is 0. The number of carboxylic acid groups (broad SMARTS) is 1. The van der Waals surface area contributed by atoms with E-state index in [1.807, 2.05) is 0 Å². The number of hydrogen-bond donors (Lipinski definition) is 2. The first kappa shape index (κ1) is 14.5. The predicted molar refractivity (Wildman–Crippen MR) is 69.7 cm³/mol. The summed E-state index contributed by atoms with van der Waals surface area (Å²) in [5.41, 5.74) is 6.41. The average molecular weight is 270 g/mol. The third kappa shape index (κ3) is 4.72. The van der Waals surface area contributed by atoms with Gasteiger partial charge in [-0.25, -0.2) is 0 Å². The van der Waals surface area contributed by atoms with Crippen molar-refractivity contribution in [3.63, 3.8) is 0 Å². The third-order valence-corrected chi connectivity index (χ3v) is 3.38. The average Bonchev–Trinajstić information content (AvgIpc) is 2.34. The lowest BCUT2D eigenvalue weighted by Crippen LogP contribution is -2.32. The fraction of sp³-hybridized carbons (Fsp3) is 0.364. The van der Waals surface area contributed by atoms with Crippen molar-refractivity contribution < 1.29 is 14.8 Å². The molecule has 3 N–H and O–H groups in total. The first-order valence-electron chi connectivity index (χ1n) is 5.30. The number of thioether (sulfide) groups is 1. The third-order valence-electron chi connectivity index (χ3n) is 2.30. The summed E-state index contributed by atoms with van der Waals surface area (Å²) in [6, 6.07) is 5.49. The smallest absolute Gasteiger partial charge is 0.321 e. The summed E-state index contributed by atoms with van der Waals surface area (Å²) < 4.78 is 0. The van der Waals surface area contributed by atoms with Crippen LogP contribution in [0.25, 0.3) is 0 Å². The van der Waals surface area contributed by atoms with Crippen molar-refractivity contribution >= 4 is 23.4 Å². The highest BCUT2D eigenvalue weighted by Gasteiger charge is 2.10. The molecule has 18 heavy (non-hydrogen) atoms. The molecule has 7 heteroatoms. The molecule has 0 fully saturated rings. The molecule has 0 bridgehead atoms. The van der Waals surface area contributed by atoms with Gasteiger partial charge in [0.2, 0.25) is 0 Å². The number of nitro groups is 1. The Morgan fingerprint density at radius 1 is 1.44 bits per heavy atom. The van der Waals surface area contributed by atoms with Crippen molar-refractivity contribution in [2.24, 2.45) is 5.73 Å². The second-order valence-corrected chi connectivity index (χ2v) is 4.84. The fourth-order valence-electron chi connectivity index (χ4n) is 1.26. The lowest BCUT2D eigenvalue weighted by Gasteiger charge is -2.05. The van der Waals surface area contributed by atoms with Crippen molar-refractivity contribution in [3.05, 3.63) is 39.9 Å². The number of carboxylic acids is 1. The van der Waals surface area contributed by atoms with Crippen LogP contribution < -0.4 is 5.73 Å². The van der Waals surface area contributed by atoms with Crippen LogP contribution in [-0.4, -0.2) is 33.5 Å². The van der Waals surface area contributed by atoms with Gasteiger partial charge in [-0.1, -0.05) is 12.1 Å². The van der Waals surface area contributed by atoms with E-state index in [1.165, 1.54) is 23.9 Å². The Morgan fingerprint density at radius 3 is 2.56 bits per heavy atom. The van der Waals surface area contributed by atoms with Gasteiger partial charge in [0.05, 0.1) is 4.92 Å². The highest BCUT2D eigenvalue weighted by atomic mass is 32.2. The zero-order valence-corrected chi connectivity index (χ0v) is 10.4. The van der Waals surface area contributed by atoms with Crippen LogP contribution in [0.4, 0.5) is 5.69 Å². The number of rotatable bonds is 7. The molecule has 1 aromatic carbocycles. The van der Waals surface area contributed by atoms with E-state index in [9.17, 15) is 14.9 Å². The molecule has 1 aromatic rings. The Kier molecular flexibility index (Phi) is 5.60. The monoisotopic (exact) mass is 270 g/mol. The van der Waals surface area contributed by atoms with E-state index in [1.54, 1.807) is 12.1 Å². The molecule has 1 atom stereocenters. The van der Waals surface area contributed by atoms with Gasteiger partial charge in [-0.15, -0.1) is 0 Å². The minimum atomic E-state index is -1.00. The molecule has 1 rings (SSSR count). The maximum Gasteiger partial charge on any atom is 0.321 e. The molecular weight excluding hydrogens is 256 g/mol. The number of non-ortho nitro benzene ring substituents is 1. The van der Waals surface area contributed by atoms with Crippen LogP contribution in [0.2, 0.25) is 0 Å². The quantitative estimate of drug-likeness (QED) is 0.439. The molecule has 0 aliphatic heterocycles. The summed E-state index contributed by atoms with van der Waals surface area (Å²) >= 11 is 1.46. The van der Waals surface area contributed by atoms with E-state index in [-0.39, 0.29) is 5.69 Å². The Balaban J connectivity index is 2.31. The lowest BCUT2D eigenvalue weighted by molar-refractivity contribution is -0.384. The van der Waals surface area contributed by atoms with Crippen LogP contribution in [-0.2, 0) is 11.2 Å². The van der Waals surface area contributed by atoms with Gasteiger partial charge in [-0.2, -0.15) is 11.8 Å². The Morgan fingerprint density at radius 2 is 2.06 bits per heavy atom. The van der Waals surface area contributed by atoms with Gasteiger partial charge >= 0.3 is 5.97 Å². The molecule has 0 aliphatic rings. The number of nitrogens with two attached hydrogens (primary N) is 1. The maximum absolute atomic E-state index is 10.5. The largest absolute Gasteiger partial charge is 0.480 e. The van der Waals surface area contributed by atoms with Crippen molar-refractivity contribution in [1.82, 2.24) is 0 Å². The van der Waals surface area contributed by atoms with Gasteiger partial charge in [-0.05, 0) is 17.7 Å². The molecule has 0 aromatic heterocycles. The molecule has 0 aliphatic carbocycles. The molecule has 6 nitrogen and oxygen atoms in total. The second-order valence-electron chi connectivity index (χ2n) is 3.69. The van der Waals surface area contributed by atoms with E-state index in [2.05, 4.69) is 0 Å².